The van der Waals surface area contributed by atoms with Gasteiger partial charge in [0, 0.05) is 9.99 Å². The van der Waals surface area contributed by atoms with Crippen LogP contribution in [0.25, 0.3) is 0 Å². The largest absolute Gasteiger partial charge is 0.444 e. The fourth-order valence-electron chi connectivity index (χ4n) is 2.20. The second-order valence-corrected chi connectivity index (χ2v) is 6.98. The van der Waals surface area contributed by atoms with E-state index in [2.05, 4.69) is 27.9 Å². The quantitative estimate of drug-likeness (QED) is 0.743. The molecule has 2 rings (SSSR count). The van der Waals surface area contributed by atoms with E-state index in [1.54, 1.807) is 0 Å². The molecule has 0 saturated heterocycles. The molecule has 0 aliphatic heterocycles. The van der Waals surface area contributed by atoms with Gasteiger partial charge in [-0.15, -0.1) is 0 Å². The zero-order valence-corrected chi connectivity index (χ0v) is 13.4. The maximum absolute atomic E-state index is 11.8. The van der Waals surface area contributed by atoms with Gasteiger partial charge >= 0.3 is 6.09 Å². The lowest BCUT2D eigenvalue weighted by Gasteiger charge is -2.23. The molecule has 104 valence electrons. The summed E-state index contributed by atoms with van der Waals surface area (Å²) in [7, 11) is 0. The average Bonchev–Trinajstić information content (AvgIpc) is 2.53. The molecule has 19 heavy (non-hydrogen) atoms. The smallest absolute Gasteiger partial charge is 0.408 e. The number of nitrogens with one attached hydrogen (secondary N) is 1. The monoisotopic (exact) mass is 375 g/mol. The SMILES string of the molecule is CC(C)(C)OC(=O)NC1c2cc(I)ccc2CC1O. The molecule has 2 atom stereocenters. The lowest BCUT2D eigenvalue weighted by molar-refractivity contribution is 0.0438. The van der Waals surface area contributed by atoms with Crippen molar-refractivity contribution in [3.8, 4) is 0 Å². The van der Waals surface area contributed by atoms with Crippen molar-refractivity contribution in [2.24, 2.45) is 0 Å². The first-order valence-corrected chi connectivity index (χ1v) is 7.30. The number of halogens is 1. The third kappa shape index (κ3) is 3.60. The summed E-state index contributed by atoms with van der Waals surface area (Å²) < 4.78 is 6.31. The summed E-state index contributed by atoms with van der Waals surface area (Å²) in [4.78, 5) is 11.8. The first-order valence-electron chi connectivity index (χ1n) is 6.22. The Morgan fingerprint density at radius 1 is 1.47 bits per heavy atom. The van der Waals surface area contributed by atoms with E-state index in [4.69, 9.17) is 4.74 Å². The van der Waals surface area contributed by atoms with Gasteiger partial charge in [-0.05, 0) is 66.6 Å². The van der Waals surface area contributed by atoms with Crippen molar-refractivity contribution in [3.05, 3.63) is 32.9 Å². The molecule has 0 fully saturated rings. The van der Waals surface area contributed by atoms with Crippen molar-refractivity contribution in [2.75, 3.05) is 0 Å². The molecular formula is C14H18INO3. The normalized spacial score (nSPS) is 21.9. The molecule has 2 N–H and O–H groups in total. The number of fused-ring (bicyclic) bond motifs is 1. The second-order valence-electron chi connectivity index (χ2n) is 5.74. The number of rotatable bonds is 1. The lowest BCUT2D eigenvalue weighted by Crippen LogP contribution is -2.38. The minimum atomic E-state index is -0.597. The molecule has 5 heteroatoms. The summed E-state index contributed by atoms with van der Waals surface area (Å²) in [6, 6.07) is 5.60. The standard InChI is InChI=1S/C14H18INO3/c1-14(2,3)19-13(18)16-12-10-7-9(15)5-4-8(10)6-11(12)17/h4-5,7,11-12,17H,6H2,1-3H3,(H,16,18). The summed E-state index contributed by atoms with van der Waals surface area (Å²) >= 11 is 2.22. The van der Waals surface area contributed by atoms with Crippen LogP contribution in [0, 0.1) is 3.57 Å². The van der Waals surface area contributed by atoms with Crippen molar-refractivity contribution in [3.63, 3.8) is 0 Å². The molecular weight excluding hydrogens is 357 g/mol. The van der Waals surface area contributed by atoms with E-state index in [-0.39, 0.29) is 6.04 Å². The van der Waals surface area contributed by atoms with E-state index in [9.17, 15) is 9.90 Å². The minimum absolute atomic E-state index is 0.389. The van der Waals surface area contributed by atoms with Crippen LogP contribution in [0.5, 0.6) is 0 Å². The van der Waals surface area contributed by atoms with Crippen molar-refractivity contribution < 1.29 is 14.6 Å². The third-order valence-corrected chi connectivity index (χ3v) is 3.60. The van der Waals surface area contributed by atoms with Gasteiger partial charge in [0.2, 0.25) is 0 Å². The number of aliphatic hydroxyl groups is 1. The summed E-state index contributed by atoms with van der Waals surface area (Å²) in [6.45, 7) is 5.44. The molecule has 0 heterocycles. The highest BCUT2D eigenvalue weighted by Crippen LogP contribution is 2.32. The number of amides is 1. The Balaban J connectivity index is 2.14. The molecule has 0 spiro atoms. The molecule has 0 radical (unpaired) electrons. The van der Waals surface area contributed by atoms with Gasteiger partial charge < -0.3 is 15.2 Å². The highest BCUT2D eigenvalue weighted by Gasteiger charge is 2.33. The van der Waals surface area contributed by atoms with Gasteiger partial charge in [0.1, 0.15) is 5.60 Å². The van der Waals surface area contributed by atoms with Crippen LogP contribution in [0.3, 0.4) is 0 Å². The van der Waals surface area contributed by atoms with Crippen LogP contribution < -0.4 is 5.32 Å². The van der Waals surface area contributed by atoms with E-state index in [1.165, 1.54) is 0 Å². The Morgan fingerprint density at radius 3 is 2.79 bits per heavy atom. The Hall–Kier alpha value is -0.820. The molecule has 4 nitrogen and oxygen atoms in total. The number of hydrogen-bond donors (Lipinski definition) is 2. The predicted molar refractivity (Wildman–Crippen MR) is 81.0 cm³/mol. The Labute approximate surface area is 126 Å². The number of carbonyl (C=O) groups excluding carboxylic acids is 1. The predicted octanol–water partition coefficient (Wildman–Crippen LogP) is 2.77. The van der Waals surface area contributed by atoms with E-state index in [0.29, 0.717) is 6.42 Å². The first-order chi connectivity index (χ1) is 8.76. The molecule has 1 aliphatic rings. The van der Waals surface area contributed by atoms with Crippen molar-refractivity contribution >= 4 is 28.7 Å². The molecule has 0 bridgehead atoms. The first kappa shape index (κ1) is 14.6. The number of aliphatic hydroxyl groups excluding tert-OH is 1. The fourth-order valence-corrected chi connectivity index (χ4v) is 2.72. The van der Waals surface area contributed by atoms with Crippen LogP contribution in [0.15, 0.2) is 18.2 Å². The van der Waals surface area contributed by atoms with Crippen molar-refractivity contribution in [2.45, 2.75) is 44.9 Å². The van der Waals surface area contributed by atoms with E-state index in [0.717, 1.165) is 14.7 Å². The molecule has 1 amide bonds. The van der Waals surface area contributed by atoms with Gasteiger partial charge in [-0.2, -0.15) is 0 Å². The van der Waals surface area contributed by atoms with Gasteiger partial charge in [-0.1, -0.05) is 6.07 Å². The average molecular weight is 375 g/mol. The van der Waals surface area contributed by atoms with E-state index >= 15 is 0 Å². The minimum Gasteiger partial charge on any atom is -0.444 e. The Kier molecular flexibility index (Phi) is 4.06. The van der Waals surface area contributed by atoms with Gasteiger partial charge in [0.05, 0.1) is 12.1 Å². The molecule has 1 aliphatic carbocycles. The van der Waals surface area contributed by atoms with Gasteiger partial charge in [0.15, 0.2) is 0 Å². The fraction of sp³-hybridized carbons (Fsp3) is 0.500. The van der Waals surface area contributed by atoms with Crippen LogP contribution in [-0.4, -0.2) is 22.9 Å². The van der Waals surface area contributed by atoms with Crippen LogP contribution >= 0.6 is 22.6 Å². The zero-order chi connectivity index (χ0) is 14.2. The second kappa shape index (κ2) is 5.28. The Morgan fingerprint density at radius 2 is 2.16 bits per heavy atom. The van der Waals surface area contributed by atoms with Crippen LogP contribution in [0.2, 0.25) is 0 Å². The number of alkyl carbamates (subject to hydrolysis) is 1. The van der Waals surface area contributed by atoms with Crippen molar-refractivity contribution in [1.29, 1.82) is 0 Å². The third-order valence-electron chi connectivity index (χ3n) is 2.93. The number of carbonyl (C=O) groups is 1. The lowest BCUT2D eigenvalue weighted by atomic mass is 10.1. The van der Waals surface area contributed by atoms with Gasteiger partial charge in [0.25, 0.3) is 0 Å². The number of ether oxygens (including phenoxy) is 1. The van der Waals surface area contributed by atoms with Gasteiger partial charge in [-0.3, -0.25) is 0 Å². The maximum Gasteiger partial charge on any atom is 0.408 e. The van der Waals surface area contributed by atoms with E-state index < -0.39 is 17.8 Å². The molecule has 0 aromatic heterocycles. The summed E-state index contributed by atoms with van der Waals surface area (Å²) in [5.74, 6) is 0. The number of hydrogen-bond acceptors (Lipinski definition) is 3. The molecule has 2 unspecified atom stereocenters. The summed E-state index contributed by atoms with van der Waals surface area (Å²) in [5, 5.41) is 12.8. The van der Waals surface area contributed by atoms with Crippen molar-refractivity contribution in [1.82, 2.24) is 5.32 Å². The highest BCUT2D eigenvalue weighted by molar-refractivity contribution is 14.1. The summed E-state index contributed by atoms with van der Waals surface area (Å²) in [5.41, 5.74) is 1.51. The van der Waals surface area contributed by atoms with Crippen LogP contribution in [0.1, 0.15) is 37.9 Å². The molecule has 1 aromatic rings. The highest BCUT2D eigenvalue weighted by atomic mass is 127. The number of benzene rings is 1. The topological polar surface area (TPSA) is 58.6 Å². The van der Waals surface area contributed by atoms with E-state index in [1.807, 2.05) is 39.0 Å². The Bertz CT molecular complexity index is 496. The van der Waals surface area contributed by atoms with Crippen LogP contribution in [-0.2, 0) is 11.2 Å². The molecule has 0 saturated carbocycles. The van der Waals surface area contributed by atoms with Crippen LogP contribution in [0.4, 0.5) is 4.79 Å². The zero-order valence-electron chi connectivity index (χ0n) is 11.2. The summed E-state index contributed by atoms with van der Waals surface area (Å²) in [6.07, 6.45) is -0.531. The van der Waals surface area contributed by atoms with Gasteiger partial charge in [-0.25, -0.2) is 4.79 Å². The maximum atomic E-state index is 11.8. The molecule has 1 aromatic carbocycles.